The minimum Gasteiger partial charge on any atom is -0.479 e. The van der Waals surface area contributed by atoms with Crippen LogP contribution in [0.5, 0.6) is 0 Å². The van der Waals surface area contributed by atoms with E-state index in [4.69, 9.17) is 0 Å². The van der Waals surface area contributed by atoms with Crippen molar-refractivity contribution < 1.29 is 14.7 Å². The molecule has 3 N–H and O–H groups in total. The van der Waals surface area contributed by atoms with Gasteiger partial charge in [0, 0.05) is 12.5 Å². The molecule has 5 nitrogen and oxygen atoms in total. The molecule has 0 aliphatic heterocycles. The normalized spacial score (nSPS) is 13.6. The molecule has 1 amide bonds. The van der Waals surface area contributed by atoms with Crippen molar-refractivity contribution in [3.8, 4) is 0 Å². The average molecular weight is 264 g/mol. The molecule has 1 aromatic rings. The maximum atomic E-state index is 11.9. The largest absolute Gasteiger partial charge is 0.479 e. The van der Waals surface area contributed by atoms with Crippen molar-refractivity contribution in [3.63, 3.8) is 0 Å². The molecular formula is C14H20N2O3. The molecule has 0 radical (unpaired) electrons. The van der Waals surface area contributed by atoms with Gasteiger partial charge in [0.25, 0.3) is 0 Å². The maximum absolute atomic E-state index is 11.9. The van der Waals surface area contributed by atoms with Gasteiger partial charge in [0.15, 0.2) is 6.04 Å². The van der Waals surface area contributed by atoms with Crippen LogP contribution in [0.1, 0.15) is 25.5 Å². The first-order valence-corrected chi connectivity index (χ1v) is 6.35. The van der Waals surface area contributed by atoms with Crippen molar-refractivity contribution in [2.75, 3.05) is 13.1 Å². The van der Waals surface area contributed by atoms with Crippen LogP contribution in [0.2, 0.25) is 0 Å². The summed E-state index contributed by atoms with van der Waals surface area (Å²) >= 11 is 0. The number of nitrogens with one attached hydrogen (secondary N) is 2. The molecule has 0 aliphatic rings. The zero-order chi connectivity index (χ0) is 14.3. The minimum absolute atomic E-state index is 0.266. The van der Waals surface area contributed by atoms with E-state index >= 15 is 0 Å². The van der Waals surface area contributed by atoms with Crippen LogP contribution in [-0.2, 0) is 9.59 Å². The van der Waals surface area contributed by atoms with E-state index in [1.807, 2.05) is 6.92 Å². The first kappa shape index (κ1) is 15.2. The molecule has 2 atom stereocenters. The van der Waals surface area contributed by atoms with Crippen LogP contribution in [0, 0.1) is 5.92 Å². The van der Waals surface area contributed by atoms with Crippen LogP contribution < -0.4 is 10.6 Å². The number of amides is 1. The quantitative estimate of drug-likeness (QED) is 0.691. The van der Waals surface area contributed by atoms with Gasteiger partial charge in [-0.05, 0) is 12.1 Å². The van der Waals surface area contributed by atoms with Gasteiger partial charge < -0.3 is 15.7 Å². The molecule has 0 bridgehead atoms. The summed E-state index contributed by atoms with van der Waals surface area (Å²) in [4.78, 5) is 23.2. The molecular weight excluding hydrogens is 244 g/mol. The fourth-order valence-corrected chi connectivity index (χ4v) is 1.67. The number of carboxylic acids is 1. The molecule has 0 spiro atoms. The van der Waals surface area contributed by atoms with Crippen molar-refractivity contribution in [1.82, 2.24) is 10.6 Å². The van der Waals surface area contributed by atoms with Gasteiger partial charge in [0.1, 0.15) is 0 Å². The SMILES string of the molecule is CCNCC(C)C(=O)N[C@@H](C(=O)O)c1ccccc1. The minimum atomic E-state index is -1.06. The lowest BCUT2D eigenvalue weighted by Crippen LogP contribution is -2.40. The van der Waals surface area contributed by atoms with E-state index in [1.165, 1.54) is 0 Å². The summed E-state index contributed by atoms with van der Waals surface area (Å²) in [5.41, 5.74) is 0.569. The van der Waals surface area contributed by atoms with E-state index in [-0.39, 0.29) is 11.8 Å². The molecule has 0 heterocycles. The summed E-state index contributed by atoms with van der Waals surface area (Å²) < 4.78 is 0. The summed E-state index contributed by atoms with van der Waals surface area (Å²) in [5.74, 6) is -1.60. The van der Waals surface area contributed by atoms with Gasteiger partial charge in [0.2, 0.25) is 5.91 Å². The topological polar surface area (TPSA) is 78.4 Å². The van der Waals surface area contributed by atoms with Gasteiger partial charge in [-0.15, -0.1) is 0 Å². The number of hydrogen-bond acceptors (Lipinski definition) is 3. The van der Waals surface area contributed by atoms with Crippen LogP contribution in [0.15, 0.2) is 30.3 Å². The summed E-state index contributed by atoms with van der Waals surface area (Å²) in [7, 11) is 0. The molecule has 19 heavy (non-hydrogen) atoms. The lowest BCUT2D eigenvalue weighted by Gasteiger charge is -2.18. The summed E-state index contributed by atoms with van der Waals surface area (Å²) in [6.45, 7) is 5.03. The van der Waals surface area contributed by atoms with E-state index in [0.29, 0.717) is 12.1 Å². The third kappa shape index (κ3) is 4.71. The molecule has 1 unspecified atom stereocenters. The van der Waals surface area contributed by atoms with Crippen molar-refractivity contribution >= 4 is 11.9 Å². The molecule has 5 heteroatoms. The third-order valence-electron chi connectivity index (χ3n) is 2.81. The van der Waals surface area contributed by atoms with Crippen LogP contribution in [-0.4, -0.2) is 30.1 Å². The number of carboxylic acid groups (broad SMARTS) is 1. The third-order valence-corrected chi connectivity index (χ3v) is 2.81. The highest BCUT2D eigenvalue weighted by Gasteiger charge is 2.24. The average Bonchev–Trinajstić information content (AvgIpc) is 2.42. The fourth-order valence-electron chi connectivity index (χ4n) is 1.67. The van der Waals surface area contributed by atoms with E-state index in [1.54, 1.807) is 37.3 Å². The van der Waals surface area contributed by atoms with E-state index in [0.717, 1.165) is 6.54 Å². The van der Waals surface area contributed by atoms with E-state index in [9.17, 15) is 14.7 Å². The Morgan fingerprint density at radius 3 is 2.42 bits per heavy atom. The van der Waals surface area contributed by atoms with Gasteiger partial charge in [-0.2, -0.15) is 0 Å². The summed E-state index contributed by atoms with van der Waals surface area (Å²) in [6.07, 6.45) is 0. The number of rotatable bonds is 7. The second-order valence-corrected chi connectivity index (χ2v) is 4.40. The highest BCUT2D eigenvalue weighted by molar-refractivity contribution is 5.85. The van der Waals surface area contributed by atoms with E-state index in [2.05, 4.69) is 10.6 Å². The Morgan fingerprint density at radius 2 is 1.89 bits per heavy atom. The number of carbonyl (C=O) groups excluding carboxylic acids is 1. The van der Waals surface area contributed by atoms with E-state index < -0.39 is 12.0 Å². The molecule has 0 aromatic heterocycles. The lowest BCUT2D eigenvalue weighted by molar-refractivity contribution is -0.142. The Balaban J connectivity index is 2.70. The van der Waals surface area contributed by atoms with Gasteiger partial charge in [-0.3, -0.25) is 4.79 Å². The Kier molecular flexibility index (Phi) is 6.02. The van der Waals surface area contributed by atoms with Gasteiger partial charge in [-0.25, -0.2) is 4.79 Å². The van der Waals surface area contributed by atoms with Gasteiger partial charge >= 0.3 is 5.97 Å². The Hall–Kier alpha value is -1.88. The van der Waals surface area contributed by atoms with Crippen LogP contribution in [0.3, 0.4) is 0 Å². The predicted molar refractivity (Wildman–Crippen MR) is 72.7 cm³/mol. The number of carbonyl (C=O) groups is 2. The molecule has 0 saturated carbocycles. The van der Waals surface area contributed by atoms with Crippen LogP contribution in [0.25, 0.3) is 0 Å². The first-order chi connectivity index (χ1) is 9.06. The van der Waals surface area contributed by atoms with Crippen molar-refractivity contribution in [2.24, 2.45) is 5.92 Å². The number of aliphatic carboxylic acids is 1. The fraction of sp³-hybridized carbons (Fsp3) is 0.429. The molecule has 104 valence electrons. The van der Waals surface area contributed by atoms with Gasteiger partial charge in [0.05, 0.1) is 0 Å². The smallest absolute Gasteiger partial charge is 0.330 e. The molecule has 0 fully saturated rings. The second kappa shape index (κ2) is 7.53. The monoisotopic (exact) mass is 264 g/mol. The number of hydrogen-bond donors (Lipinski definition) is 3. The second-order valence-electron chi connectivity index (χ2n) is 4.40. The van der Waals surface area contributed by atoms with Crippen molar-refractivity contribution in [3.05, 3.63) is 35.9 Å². The highest BCUT2D eigenvalue weighted by Crippen LogP contribution is 2.13. The summed E-state index contributed by atoms with van der Waals surface area (Å²) in [6, 6.07) is 7.68. The Labute approximate surface area is 113 Å². The first-order valence-electron chi connectivity index (χ1n) is 6.35. The predicted octanol–water partition coefficient (Wildman–Crippen LogP) is 1.17. The van der Waals surface area contributed by atoms with Crippen molar-refractivity contribution in [2.45, 2.75) is 19.9 Å². The van der Waals surface area contributed by atoms with Crippen LogP contribution >= 0.6 is 0 Å². The summed E-state index contributed by atoms with van der Waals surface area (Å²) in [5, 5.41) is 14.8. The molecule has 0 aliphatic carbocycles. The highest BCUT2D eigenvalue weighted by atomic mass is 16.4. The Bertz CT molecular complexity index is 420. The zero-order valence-corrected chi connectivity index (χ0v) is 11.2. The van der Waals surface area contributed by atoms with Gasteiger partial charge in [-0.1, -0.05) is 44.2 Å². The number of benzene rings is 1. The van der Waals surface area contributed by atoms with Crippen LogP contribution in [0.4, 0.5) is 0 Å². The standard InChI is InChI=1S/C14H20N2O3/c1-3-15-9-10(2)13(17)16-12(14(18)19)11-7-5-4-6-8-11/h4-8,10,12,15H,3,9H2,1-2H3,(H,16,17)(H,18,19)/t10?,12-/m1/s1. The van der Waals surface area contributed by atoms with Crippen molar-refractivity contribution in [1.29, 1.82) is 0 Å². The molecule has 1 aromatic carbocycles. The molecule has 0 saturated heterocycles. The maximum Gasteiger partial charge on any atom is 0.330 e. The molecule has 1 rings (SSSR count). The Morgan fingerprint density at radius 1 is 1.26 bits per heavy atom. The zero-order valence-electron chi connectivity index (χ0n) is 11.2. The lowest BCUT2D eigenvalue weighted by atomic mass is 10.1.